The number of allylic oxidation sites excluding steroid dienone is 4. The molecule has 0 fully saturated rings. The number of rotatable bonds is 21. The van der Waals surface area contributed by atoms with Crippen LogP contribution in [0.2, 0.25) is 15.1 Å². The molecule has 5 aliphatic rings. The van der Waals surface area contributed by atoms with Gasteiger partial charge in [-0.25, -0.2) is 0 Å². The molecule has 4 amide bonds. The normalized spacial score (nSPS) is 17.5. The minimum atomic E-state index is -0.290. The molecule has 0 radical (unpaired) electrons. The highest BCUT2D eigenvalue weighted by molar-refractivity contribution is 8.76. The second-order valence-corrected chi connectivity index (χ2v) is 23.4. The van der Waals surface area contributed by atoms with Crippen molar-refractivity contribution >= 4 is 109 Å². The third-order valence-corrected chi connectivity index (χ3v) is 16.5. The van der Waals surface area contributed by atoms with Crippen molar-refractivity contribution in [1.82, 2.24) is 20.4 Å². The first-order valence-corrected chi connectivity index (χ1v) is 27.0. The summed E-state index contributed by atoms with van der Waals surface area (Å²) < 4.78 is 1.74. The van der Waals surface area contributed by atoms with E-state index in [1.165, 1.54) is 0 Å². The zero-order valence-corrected chi connectivity index (χ0v) is 43.4. The van der Waals surface area contributed by atoms with Gasteiger partial charge in [-0.3, -0.25) is 19.2 Å². The zero-order chi connectivity index (χ0) is 48.3. The van der Waals surface area contributed by atoms with Crippen molar-refractivity contribution in [3.05, 3.63) is 155 Å². The molecule has 356 valence electrons. The number of benzene rings is 3. The summed E-state index contributed by atoms with van der Waals surface area (Å²) in [4.78, 5) is 58.9. The summed E-state index contributed by atoms with van der Waals surface area (Å²) in [5.74, 6) is 1.17. The third kappa shape index (κ3) is 11.2. The number of quaternary nitrogens is 2. The molecule has 2 N–H and O–H groups in total. The van der Waals surface area contributed by atoms with Crippen LogP contribution >= 0.6 is 68.0 Å². The van der Waals surface area contributed by atoms with Gasteiger partial charge in [-0.2, -0.15) is 0 Å². The molecule has 0 saturated heterocycles. The Morgan fingerprint density at radius 3 is 1.34 bits per heavy atom. The first-order chi connectivity index (χ1) is 32.5. The first kappa shape index (κ1) is 50.2. The van der Waals surface area contributed by atoms with Gasteiger partial charge < -0.3 is 29.4 Å². The summed E-state index contributed by atoms with van der Waals surface area (Å²) in [5, 5.41) is 8.43. The van der Waals surface area contributed by atoms with Crippen molar-refractivity contribution in [1.29, 1.82) is 0 Å². The molecule has 4 heterocycles. The largest absolute Gasteiger partial charge is 0.328 e. The maximum Gasteiger partial charge on any atom is 0.261 e. The van der Waals surface area contributed by atoms with E-state index in [1.807, 2.05) is 75.0 Å². The van der Waals surface area contributed by atoms with Crippen molar-refractivity contribution in [2.24, 2.45) is 0 Å². The van der Waals surface area contributed by atoms with Gasteiger partial charge in [0.15, 0.2) is 0 Å². The molecule has 10 nitrogen and oxygen atoms in total. The van der Waals surface area contributed by atoms with E-state index >= 15 is 0 Å². The number of nitrogens with one attached hydrogen (secondary N) is 2. The minimum absolute atomic E-state index is 0.148. The van der Waals surface area contributed by atoms with Crippen LogP contribution in [0.3, 0.4) is 0 Å². The summed E-state index contributed by atoms with van der Waals surface area (Å²) in [6.45, 7) is 4.99. The number of nitrogens with zero attached hydrogens (tertiary/aromatic N) is 4. The highest BCUT2D eigenvalue weighted by Crippen LogP contribution is 2.45. The Kier molecular flexibility index (Phi) is 15.8. The van der Waals surface area contributed by atoms with Crippen LogP contribution in [0.25, 0.3) is 17.1 Å². The highest BCUT2D eigenvalue weighted by Gasteiger charge is 2.47. The molecule has 4 aliphatic heterocycles. The topological polar surface area (TPSA) is 98.8 Å². The van der Waals surface area contributed by atoms with Crippen LogP contribution in [-0.2, 0) is 19.2 Å². The molecule has 1 aliphatic carbocycles. The molecular weight excluding hydrogens is 979 g/mol. The molecule has 0 saturated carbocycles. The molecule has 16 heteroatoms. The van der Waals surface area contributed by atoms with Crippen LogP contribution < -0.4 is 10.6 Å². The summed E-state index contributed by atoms with van der Waals surface area (Å²) in [6, 6.07) is 21.6. The van der Waals surface area contributed by atoms with Crippen molar-refractivity contribution in [3.8, 4) is 0 Å². The SMILES string of the molecule is C[N+](C)(CCCCN1C(=O)C2=C(c3ccc(Cl)cc3)NC(=O)C2=C1C1=CC=C(Cl)CC1)CCSSCC[N+](C)(C)CCCCN1C(=O)C2=C(c3ccc(Cl)cc3)NC(=O)C2=C1c1ccc(Cl)cc1. The Labute approximate surface area is 427 Å². The van der Waals surface area contributed by atoms with Gasteiger partial charge in [-0.05, 0) is 103 Å². The second kappa shape index (κ2) is 21.4. The molecule has 3 aromatic carbocycles. The predicted octanol–water partition coefficient (Wildman–Crippen LogP) is 10.3. The highest BCUT2D eigenvalue weighted by atomic mass is 35.5. The van der Waals surface area contributed by atoms with Gasteiger partial charge in [0.05, 0.1) is 111 Å². The smallest absolute Gasteiger partial charge is 0.261 e. The van der Waals surface area contributed by atoms with Gasteiger partial charge in [0.2, 0.25) is 0 Å². The quantitative estimate of drug-likeness (QED) is 0.0627. The average Bonchev–Trinajstić information content (AvgIpc) is 4.01. The summed E-state index contributed by atoms with van der Waals surface area (Å²) in [5.41, 5.74) is 7.26. The monoisotopic (exact) mass is 1030 g/mol. The Morgan fingerprint density at radius 1 is 0.500 bits per heavy atom. The van der Waals surface area contributed by atoms with Crippen LogP contribution in [0.15, 0.2) is 124 Å². The van der Waals surface area contributed by atoms with Crippen molar-refractivity contribution in [2.45, 2.75) is 38.5 Å². The molecule has 0 unspecified atom stereocenters. The van der Waals surface area contributed by atoms with E-state index in [-0.39, 0.29) is 23.6 Å². The Bertz CT molecular complexity index is 2710. The summed E-state index contributed by atoms with van der Waals surface area (Å²) in [6.07, 6.45) is 8.60. The number of hydrogen-bond acceptors (Lipinski definition) is 6. The molecule has 68 heavy (non-hydrogen) atoms. The van der Waals surface area contributed by atoms with Crippen molar-refractivity contribution in [2.75, 3.05) is 79.0 Å². The molecule has 0 spiro atoms. The first-order valence-electron chi connectivity index (χ1n) is 23.0. The number of halogens is 4. The zero-order valence-electron chi connectivity index (χ0n) is 38.7. The molecule has 0 atom stereocenters. The lowest BCUT2D eigenvalue weighted by atomic mass is 9.97. The Morgan fingerprint density at radius 2 is 0.912 bits per heavy atom. The fraction of sp³-hybridized carbons (Fsp3) is 0.346. The average molecular weight is 1040 g/mol. The van der Waals surface area contributed by atoms with Crippen molar-refractivity contribution in [3.63, 3.8) is 0 Å². The number of unbranched alkanes of at least 4 members (excludes halogenated alkanes) is 2. The van der Waals surface area contributed by atoms with Crippen LogP contribution in [0.4, 0.5) is 0 Å². The van der Waals surface area contributed by atoms with E-state index in [2.05, 4.69) is 38.8 Å². The number of fused-ring (bicyclic) bond motifs is 2. The molecule has 0 bridgehead atoms. The fourth-order valence-corrected chi connectivity index (χ4v) is 12.3. The van der Waals surface area contributed by atoms with E-state index in [4.69, 9.17) is 46.4 Å². The summed E-state index contributed by atoms with van der Waals surface area (Å²) in [7, 11) is 12.9. The van der Waals surface area contributed by atoms with Gasteiger partial charge in [0.1, 0.15) is 0 Å². The van der Waals surface area contributed by atoms with E-state index in [0.717, 1.165) is 99.6 Å². The Balaban J connectivity index is 0.782. The van der Waals surface area contributed by atoms with Gasteiger partial charge in [-0.15, -0.1) is 0 Å². The molecular formula is C52H56Cl4N6O4S2+2. The second-order valence-electron chi connectivity index (χ2n) is 18.9. The van der Waals surface area contributed by atoms with Crippen LogP contribution in [-0.4, -0.2) is 121 Å². The number of hydrogen-bond donors (Lipinski definition) is 2. The predicted molar refractivity (Wildman–Crippen MR) is 280 cm³/mol. The molecule has 3 aromatic rings. The minimum Gasteiger partial charge on any atom is -0.328 e. The van der Waals surface area contributed by atoms with Gasteiger partial charge >= 0.3 is 0 Å². The van der Waals surface area contributed by atoms with Crippen LogP contribution in [0, 0.1) is 0 Å². The van der Waals surface area contributed by atoms with Gasteiger partial charge in [0, 0.05) is 33.2 Å². The van der Waals surface area contributed by atoms with Gasteiger partial charge in [0.25, 0.3) is 23.6 Å². The maximum atomic E-state index is 14.2. The third-order valence-electron chi connectivity index (χ3n) is 13.1. The fourth-order valence-electron chi connectivity index (χ4n) is 9.25. The summed E-state index contributed by atoms with van der Waals surface area (Å²) >= 11 is 24.9. The van der Waals surface area contributed by atoms with Crippen LogP contribution in [0.1, 0.15) is 55.2 Å². The van der Waals surface area contributed by atoms with E-state index in [0.29, 0.717) is 86.1 Å². The van der Waals surface area contributed by atoms with E-state index in [9.17, 15) is 19.2 Å². The maximum absolute atomic E-state index is 14.2. The standard InChI is InChI=1S/C52H54Cl4N6O4S2/c1-61(2,27-7-5-25-59-47(35-13-21-39(55)22-14-35)43-41(51(59)65)45(57-49(43)63)33-9-17-37(53)18-10-33)29-31-67-68-32-30-62(3,4)28-8-6-26-60-48(36-15-23-40(56)24-16-36)44-42(52(60)66)46(58-50(44)64)34-11-19-38(54)20-12-34/h9-15,17-23H,5-8,16,24-32H2,1-4H3/p+2. The number of carbonyl (C=O) groups is 4. The molecule has 8 rings (SSSR count). The lowest BCUT2D eigenvalue weighted by Crippen LogP contribution is -2.43. The van der Waals surface area contributed by atoms with E-state index < -0.39 is 0 Å². The lowest BCUT2D eigenvalue weighted by molar-refractivity contribution is -0.888. The van der Waals surface area contributed by atoms with Crippen molar-refractivity contribution < 1.29 is 28.1 Å². The number of amides is 4. The number of carbonyl (C=O) groups excluding carboxylic acids is 4. The van der Waals surface area contributed by atoms with E-state index in [1.54, 1.807) is 41.3 Å². The van der Waals surface area contributed by atoms with Crippen LogP contribution in [0.5, 0.6) is 0 Å². The van der Waals surface area contributed by atoms with Gasteiger partial charge in [-0.1, -0.05) is 110 Å². The Hall–Kier alpha value is -4.24. The molecule has 0 aromatic heterocycles. The lowest BCUT2D eigenvalue weighted by Gasteiger charge is -2.31.